The van der Waals surface area contributed by atoms with Gasteiger partial charge in [-0.25, -0.2) is 0 Å². The van der Waals surface area contributed by atoms with E-state index in [1.807, 2.05) is 32.3 Å². The van der Waals surface area contributed by atoms with Crippen molar-refractivity contribution in [3.8, 4) is 11.5 Å². The predicted octanol–water partition coefficient (Wildman–Crippen LogP) is 2.39. The first-order chi connectivity index (χ1) is 11.1. The van der Waals surface area contributed by atoms with Crippen LogP contribution >= 0.6 is 11.6 Å². The van der Waals surface area contributed by atoms with Crippen molar-refractivity contribution in [1.29, 1.82) is 0 Å². The van der Waals surface area contributed by atoms with E-state index in [9.17, 15) is 4.79 Å². The van der Waals surface area contributed by atoms with Crippen LogP contribution in [0.1, 0.15) is 18.7 Å². The quantitative estimate of drug-likeness (QED) is 0.749. The highest BCUT2D eigenvalue weighted by Crippen LogP contribution is 2.26. The van der Waals surface area contributed by atoms with Gasteiger partial charge in [0.2, 0.25) is 17.7 Å². The van der Waals surface area contributed by atoms with Crippen LogP contribution < -0.4 is 5.32 Å². The largest absolute Gasteiger partial charge is 0.421 e. The van der Waals surface area contributed by atoms with Crippen LogP contribution in [0.25, 0.3) is 11.5 Å². The number of aromatic nitrogens is 2. The number of carbonyl (C=O) groups is 1. The number of amides is 1. The molecule has 23 heavy (non-hydrogen) atoms. The summed E-state index contributed by atoms with van der Waals surface area (Å²) < 4.78 is 5.56. The number of carbonyl (C=O) groups excluding carboxylic acids is 1. The minimum Gasteiger partial charge on any atom is -0.421 e. The van der Waals surface area contributed by atoms with Crippen LogP contribution in [0.4, 0.5) is 0 Å². The predicted molar refractivity (Wildman–Crippen MR) is 89.2 cm³/mol. The molecule has 1 amide bonds. The van der Waals surface area contributed by atoms with Crippen molar-refractivity contribution in [2.75, 3.05) is 27.2 Å². The van der Waals surface area contributed by atoms with Crippen LogP contribution in [-0.4, -0.2) is 48.2 Å². The average Bonchev–Trinajstić information content (AvgIpc) is 2.98. The molecule has 0 radical (unpaired) electrons. The Balaban J connectivity index is 1.79. The fourth-order valence-electron chi connectivity index (χ4n) is 2.03. The molecule has 0 aliphatic rings. The van der Waals surface area contributed by atoms with E-state index in [0.717, 1.165) is 13.0 Å². The zero-order valence-corrected chi connectivity index (χ0v) is 14.1. The molecule has 0 atom stereocenters. The van der Waals surface area contributed by atoms with Gasteiger partial charge in [-0.05, 0) is 39.2 Å². The zero-order valence-electron chi connectivity index (χ0n) is 13.4. The fraction of sp³-hybridized carbons (Fsp3) is 0.438. The number of nitrogens with one attached hydrogen (secondary N) is 1. The highest BCUT2D eigenvalue weighted by molar-refractivity contribution is 6.33. The second kappa shape index (κ2) is 8.64. The average molecular weight is 337 g/mol. The molecule has 1 heterocycles. The van der Waals surface area contributed by atoms with Crippen molar-refractivity contribution in [2.45, 2.75) is 19.3 Å². The Morgan fingerprint density at radius 1 is 1.30 bits per heavy atom. The molecule has 0 unspecified atom stereocenters. The standard InChI is InChI=1S/C16H21ClN4O2/c1-21(2)11-5-10-18-14(22)8-9-15-19-20-16(23-15)12-6-3-4-7-13(12)17/h3-4,6-7H,5,8-11H2,1-2H3,(H,18,22). The molecule has 1 aromatic heterocycles. The van der Waals surface area contributed by atoms with Crippen molar-refractivity contribution in [2.24, 2.45) is 0 Å². The van der Waals surface area contributed by atoms with Gasteiger partial charge in [0.25, 0.3) is 0 Å². The molecular weight excluding hydrogens is 316 g/mol. The summed E-state index contributed by atoms with van der Waals surface area (Å²) in [6.07, 6.45) is 1.67. The van der Waals surface area contributed by atoms with E-state index < -0.39 is 0 Å². The summed E-state index contributed by atoms with van der Waals surface area (Å²) in [5, 5.41) is 11.4. The number of halogens is 1. The van der Waals surface area contributed by atoms with Crippen LogP contribution in [0.2, 0.25) is 5.02 Å². The maximum Gasteiger partial charge on any atom is 0.249 e. The van der Waals surface area contributed by atoms with Gasteiger partial charge in [-0.15, -0.1) is 10.2 Å². The molecule has 124 valence electrons. The first kappa shape index (κ1) is 17.4. The van der Waals surface area contributed by atoms with Gasteiger partial charge < -0.3 is 14.6 Å². The summed E-state index contributed by atoms with van der Waals surface area (Å²) in [4.78, 5) is 13.8. The molecule has 0 aliphatic heterocycles. The molecular formula is C16H21ClN4O2. The van der Waals surface area contributed by atoms with E-state index in [1.165, 1.54) is 0 Å². The molecule has 0 bridgehead atoms. The Hall–Kier alpha value is -1.92. The van der Waals surface area contributed by atoms with Gasteiger partial charge in [-0.3, -0.25) is 4.79 Å². The topological polar surface area (TPSA) is 71.3 Å². The minimum atomic E-state index is -0.0127. The highest BCUT2D eigenvalue weighted by atomic mass is 35.5. The third kappa shape index (κ3) is 5.65. The van der Waals surface area contributed by atoms with E-state index >= 15 is 0 Å². The van der Waals surface area contributed by atoms with Gasteiger partial charge in [-0.1, -0.05) is 23.7 Å². The van der Waals surface area contributed by atoms with Crippen LogP contribution in [0.5, 0.6) is 0 Å². The summed E-state index contributed by atoms with van der Waals surface area (Å²) in [5.41, 5.74) is 0.695. The van der Waals surface area contributed by atoms with Crippen molar-refractivity contribution in [3.63, 3.8) is 0 Å². The summed E-state index contributed by atoms with van der Waals surface area (Å²) in [6.45, 7) is 1.62. The Morgan fingerprint density at radius 2 is 2.09 bits per heavy atom. The number of rotatable bonds is 8. The lowest BCUT2D eigenvalue weighted by Crippen LogP contribution is -2.27. The molecule has 2 aromatic rings. The summed E-state index contributed by atoms with van der Waals surface area (Å²) in [7, 11) is 4.02. The van der Waals surface area contributed by atoms with E-state index in [-0.39, 0.29) is 5.91 Å². The lowest BCUT2D eigenvalue weighted by atomic mass is 10.2. The molecule has 1 N–H and O–H groups in total. The molecule has 0 spiro atoms. The minimum absolute atomic E-state index is 0.0127. The number of benzene rings is 1. The van der Waals surface area contributed by atoms with Crippen molar-refractivity contribution in [3.05, 3.63) is 35.2 Å². The van der Waals surface area contributed by atoms with Crippen molar-refractivity contribution in [1.82, 2.24) is 20.4 Å². The van der Waals surface area contributed by atoms with Gasteiger partial charge in [0, 0.05) is 19.4 Å². The van der Waals surface area contributed by atoms with Gasteiger partial charge in [0.15, 0.2) is 0 Å². The van der Waals surface area contributed by atoms with Gasteiger partial charge in [0.05, 0.1) is 10.6 Å². The Labute approximate surface area is 140 Å². The molecule has 0 saturated heterocycles. The third-order valence-electron chi connectivity index (χ3n) is 3.24. The Morgan fingerprint density at radius 3 is 2.83 bits per heavy atom. The number of hydrogen-bond acceptors (Lipinski definition) is 5. The zero-order chi connectivity index (χ0) is 16.7. The second-order valence-corrected chi connectivity index (χ2v) is 5.89. The molecule has 1 aromatic carbocycles. The van der Waals surface area contributed by atoms with Gasteiger partial charge in [0.1, 0.15) is 0 Å². The molecule has 7 heteroatoms. The lowest BCUT2D eigenvalue weighted by molar-refractivity contribution is -0.121. The monoisotopic (exact) mass is 336 g/mol. The van der Waals surface area contributed by atoms with E-state index in [0.29, 0.717) is 41.8 Å². The van der Waals surface area contributed by atoms with E-state index in [1.54, 1.807) is 6.07 Å². The maximum absolute atomic E-state index is 11.8. The molecule has 0 aliphatic carbocycles. The first-order valence-corrected chi connectivity index (χ1v) is 7.93. The summed E-state index contributed by atoms with van der Waals surface area (Å²) in [5.74, 6) is 0.793. The normalized spacial score (nSPS) is 11.0. The maximum atomic E-state index is 11.8. The Kier molecular flexibility index (Phi) is 6.55. The fourth-order valence-corrected chi connectivity index (χ4v) is 2.25. The number of aryl methyl sites for hydroxylation is 1. The molecule has 2 rings (SSSR count). The molecule has 6 nitrogen and oxygen atoms in total. The molecule has 0 saturated carbocycles. The van der Waals surface area contributed by atoms with Crippen molar-refractivity contribution < 1.29 is 9.21 Å². The second-order valence-electron chi connectivity index (χ2n) is 5.49. The van der Waals surface area contributed by atoms with Gasteiger partial charge in [-0.2, -0.15) is 0 Å². The summed E-state index contributed by atoms with van der Waals surface area (Å²) >= 11 is 6.09. The molecule has 0 fully saturated rings. The first-order valence-electron chi connectivity index (χ1n) is 7.55. The van der Waals surface area contributed by atoms with Gasteiger partial charge >= 0.3 is 0 Å². The van der Waals surface area contributed by atoms with Crippen LogP contribution in [0.15, 0.2) is 28.7 Å². The Bertz CT molecular complexity index is 643. The summed E-state index contributed by atoms with van der Waals surface area (Å²) in [6, 6.07) is 7.27. The highest BCUT2D eigenvalue weighted by Gasteiger charge is 2.12. The smallest absolute Gasteiger partial charge is 0.249 e. The van der Waals surface area contributed by atoms with Crippen LogP contribution in [0.3, 0.4) is 0 Å². The van der Waals surface area contributed by atoms with Crippen LogP contribution in [0, 0.1) is 0 Å². The lowest BCUT2D eigenvalue weighted by Gasteiger charge is -2.09. The van der Waals surface area contributed by atoms with E-state index in [2.05, 4.69) is 20.4 Å². The third-order valence-corrected chi connectivity index (χ3v) is 3.57. The number of nitrogens with zero attached hydrogens (tertiary/aromatic N) is 3. The number of hydrogen-bond donors (Lipinski definition) is 1. The van der Waals surface area contributed by atoms with Crippen LogP contribution in [-0.2, 0) is 11.2 Å². The SMILES string of the molecule is CN(C)CCCNC(=O)CCc1nnc(-c2ccccc2Cl)o1. The van der Waals surface area contributed by atoms with E-state index in [4.69, 9.17) is 16.0 Å². The van der Waals surface area contributed by atoms with Crippen molar-refractivity contribution >= 4 is 17.5 Å².